The Morgan fingerprint density at radius 2 is 2.24 bits per heavy atom. The highest BCUT2D eigenvalue weighted by atomic mass is 16.2. The van der Waals surface area contributed by atoms with Crippen LogP contribution in [0.3, 0.4) is 0 Å². The van der Waals surface area contributed by atoms with E-state index in [0.29, 0.717) is 12.0 Å². The van der Waals surface area contributed by atoms with E-state index < -0.39 is 5.92 Å². The first-order valence-corrected chi connectivity index (χ1v) is 6.01. The molecule has 17 heavy (non-hydrogen) atoms. The molecule has 1 heterocycles. The molecule has 0 aliphatic heterocycles. The number of nitrogens with zero attached hydrogens (tertiary/aromatic N) is 1. The average molecular weight is 231 g/mol. The smallest absolute Gasteiger partial charge is 0.174 e. The predicted octanol–water partition coefficient (Wildman–Crippen LogP) is 2.66. The van der Waals surface area contributed by atoms with Crippen molar-refractivity contribution in [3.8, 4) is 0 Å². The van der Waals surface area contributed by atoms with Crippen molar-refractivity contribution >= 4 is 11.6 Å². The molecule has 3 nitrogen and oxygen atoms in total. The third kappa shape index (κ3) is 2.28. The number of carbonyl (C=O) groups is 2. The summed E-state index contributed by atoms with van der Waals surface area (Å²) >= 11 is 0. The van der Waals surface area contributed by atoms with Crippen molar-refractivity contribution in [1.29, 1.82) is 0 Å². The summed E-state index contributed by atoms with van der Waals surface area (Å²) in [6.07, 6.45) is 5.66. The van der Waals surface area contributed by atoms with E-state index in [4.69, 9.17) is 0 Å². The molecule has 1 aliphatic carbocycles. The number of pyridine rings is 1. The van der Waals surface area contributed by atoms with Gasteiger partial charge in [-0.05, 0) is 25.0 Å². The zero-order valence-electron chi connectivity index (χ0n) is 10.3. The van der Waals surface area contributed by atoms with E-state index in [0.717, 1.165) is 12.8 Å². The molecule has 1 aliphatic rings. The van der Waals surface area contributed by atoms with Gasteiger partial charge in [0.25, 0.3) is 0 Å². The molecule has 1 saturated carbocycles. The largest absolute Gasteiger partial charge is 0.298 e. The van der Waals surface area contributed by atoms with Crippen molar-refractivity contribution in [3.63, 3.8) is 0 Å². The topological polar surface area (TPSA) is 47.0 Å². The lowest BCUT2D eigenvalue weighted by molar-refractivity contribution is -0.132. The number of hydrogen-bond acceptors (Lipinski definition) is 3. The zero-order chi connectivity index (χ0) is 12.5. The standard InChI is InChI=1S/C14H17NO2/c1-14(2)7-3-6-11(13(14)17)12(16)10-5-4-8-15-9-10/h4-5,8-9,11H,3,6-7H2,1-2H3. The lowest BCUT2D eigenvalue weighted by Crippen LogP contribution is -2.39. The van der Waals surface area contributed by atoms with Gasteiger partial charge < -0.3 is 0 Å². The molecule has 3 heteroatoms. The Hall–Kier alpha value is -1.51. The van der Waals surface area contributed by atoms with Crippen LogP contribution in [-0.4, -0.2) is 16.6 Å². The van der Waals surface area contributed by atoms with Gasteiger partial charge in [0.1, 0.15) is 5.78 Å². The van der Waals surface area contributed by atoms with Crippen molar-refractivity contribution in [2.75, 3.05) is 0 Å². The van der Waals surface area contributed by atoms with Gasteiger partial charge in [-0.25, -0.2) is 0 Å². The van der Waals surface area contributed by atoms with Gasteiger partial charge in [0.2, 0.25) is 0 Å². The second kappa shape index (κ2) is 4.40. The Labute approximate surface area is 101 Å². The molecule has 90 valence electrons. The van der Waals surface area contributed by atoms with Gasteiger partial charge in [-0.2, -0.15) is 0 Å². The van der Waals surface area contributed by atoms with Crippen LogP contribution >= 0.6 is 0 Å². The van der Waals surface area contributed by atoms with Gasteiger partial charge in [0.15, 0.2) is 5.78 Å². The molecule has 0 amide bonds. The maximum atomic E-state index is 12.2. The van der Waals surface area contributed by atoms with Crippen LogP contribution in [0.4, 0.5) is 0 Å². The maximum Gasteiger partial charge on any atom is 0.174 e. The SMILES string of the molecule is CC1(C)CCCC(C(=O)c2cccnc2)C1=O. The number of carbonyl (C=O) groups excluding carboxylic acids is 2. The highest BCUT2D eigenvalue weighted by molar-refractivity contribution is 6.12. The van der Waals surface area contributed by atoms with Crippen LogP contribution in [0.1, 0.15) is 43.5 Å². The van der Waals surface area contributed by atoms with E-state index >= 15 is 0 Å². The van der Waals surface area contributed by atoms with Crippen molar-refractivity contribution in [1.82, 2.24) is 4.98 Å². The molecule has 1 aromatic rings. The van der Waals surface area contributed by atoms with Crippen LogP contribution < -0.4 is 0 Å². The summed E-state index contributed by atoms with van der Waals surface area (Å²) in [4.78, 5) is 28.4. The van der Waals surface area contributed by atoms with Crippen molar-refractivity contribution in [3.05, 3.63) is 30.1 Å². The zero-order valence-corrected chi connectivity index (χ0v) is 10.3. The van der Waals surface area contributed by atoms with Crippen molar-refractivity contribution in [2.24, 2.45) is 11.3 Å². The average Bonchev–Trinajstić information content (AvgIpc) is 2.33. The molecule has 0 N–H and O–H groups in total. The number of rotatable bonds is 2. The Bertz CT molecular complexity index is 437. The van der Waals surface area contributed by atoms with Crippen molar-refractivity contribution < 1.29 is 9.59 Å². The van der Waals surface area contributed by atoms with Gasteiger partial charge in [-0.3, -0.25) is 14.6 Å². The monoisotopic (exact) mass is 231 g/mol. The summed E-state index contributed by atoms with van der Waals surface area (Å²) in [6.45, 7) is 3.86. The van der Waals surface area contributed by atoms with Crippen LogP contribution in [-0.2, 0) is 4.79 Å². The van der Waals surface area contributed by atoms with Gasteiger partial charge in [0.05, 0.1) is 5.92 Å². The summed E-state index contributed by atoms with van der Waals surface area (Å²) in [5.41, 5.74) is 0.185. The first-order valence-electron chi connectivity index (χ1n) is 6.01. The van der Waals surface area contributed by atoms with E-state index in [-0.39, 0.29) is 17.0 Å². The fourth-order valence-corrected chi connectivity index (χ4v) is 2.43. The first kappa shape index (κ1) is 12.0. The summed E-state index contributed by atoms with van der Waals surface area (Å²) in [6, 6.07) is 3.45. The van der Waals surface area contributed by atoms with Crippen LogP contribution in [0.5, 0.6) is 0 Å². The minimum Gasteiger partial charge on any atom is -0.298 e. The lowest BCUT2D eigenvalue weighted by atomic mass is 9.69. The second-order valence-corrected chi connectivity index (χ2v) is 5.30. The molecule has 1 aromatic heterocycles. The third-order valence-electron chi connectivity index (χ3n) is 3.54. The van der Waals surface area contributed by atoms with Crippen LogP contribution in [0.15, 0.2) is 24.5 Å². The minimum atomic E-state index is -0.469. The summed E-state index contributed by atoms with van der Waals surface area (Å²) in [5, 5.41) is 0. The molecular weight excluding hydrogens is 214 g/mol. The van der Waals surface area contributed by atoms with Crippen LogP contribution in [0.2, 0.25) is 0 Å². The predicted molar refractivity (Wildman–Crippen MR) is 64.7 cm³/mol. The molecule has 2 rings (SSSR count). The molecule has 0 spiro atoms. The van der Waals surface area contributed by atoms with E-state index in [1.165, 1.54) is 6.20 Å². The lowest BCUT2D eigenvalue weighted by Gasteiger charge is -2.32. The highest BCUT2D eigenvalue weighted by Crippen LogP contribution is 2.36. The minimum absolute atomic E-state index is 0.0733. The number of hydrogen-bond donors (Lipinski definition) is 0. The highest BCUT2D eigenvalue weighted by Gasteiger charge is 2.40. The molecule has 0 saturated heterocycles. The Morgan fingerprint density at radius 1 is 1.47 bits per heavy atom. The van der Waals surface area contributed by atoms with Crippen LogP contribution in [0.25, 0.3) is 0 Å². The number of aromatic nitrogens is 1. The van der Waals surface area contributed by atoms with Crippen molar-refractivity contribution in [2.45, 2.75) is 33.1 Å². The van der Waals surface area contributed by atoms with Gasteiger partial charge in [-0.15, -0.1) is 0 Å². The van der Waals surface area contributed by atoms with Crippen LogP contribution in [0, 0.1) is 11.3 Å². The summed E-state index contributed by atoms with van der Waals surface area (Å²) in [5.74, 6) is -0.462. The van der Waals surface area contributed by atoms with E-state index in [9.17, 15) is 9.59 Å². The normalized spacial score (nSPS) is 23.4. The van der Waals surface area contributed by atoms with Gasteiger partial charge >= 0.3 is 0 Å². The Kier molecular flexibility index (Phi) is 3.09. The summed E-state index contributed by atoms with van der Waals surface area (Å²) in [7, 11) is 0. The third-order valence-corrected chi connectivity index (χ3v) is 3.54. The Morgan fingerprint density at radius 3 is 2.88 bits per heavy atom. The number of ketones is 2. The Balaban J connectivity index is 2.23. The van der Waals surface area contributed by atoms with E-state index in [2.05, 4.69) is 4.98 Å². The van der Waals surface area contributed by atoms with Gasteiger partial charge in [0, 0.05) is 23.4 Å². The maximum absolute atomic E-state index is 12.2. The fourth-order valence-electron chi connectivity index (χ4n) is 2.43. The molecular formula is C14H17NO2. The van der Waals surface area contributed by atoms with E-state index in [1.807, 2.05) is 13.8 Å². The molecule has 0 aromatic carbocycles. The van der Waals surface area contributed by atoms with Gasteiger partial charge in [-0.1, -0.05) is 20.3 Å². The quantitative estimate of drug-likeness (QED) is 0.580. The molecule has 1 fully saturated rings. The van der Waals surface area contributed by atoms with E-state index in [1.54, 1.807) is 18.3 Å². The molecule has 1 atom stereocenters. The molecule has 0 bridgehead atoms. The number of Topliss-reactive ketones (excluding diaryl/α,β-unsaturated/α-hetero) is 2. The summed E-state index contributed by atoms with van der Waals surface area (Å²) < 4.78 is 0. The molecule has 0 radical (unpaired) electrons. The fraction of sp³-hybridized carbons (Fsp3) is 0.500. The second-order valence-electron chi connectivity index (χ2n) is 5.30. The molecule has 1 unspecified atom stereocenters. The first-order chi connectivity index (χ1) is 8.02.